The number of ether oxygens (including phenoxy) is 1. The van der Waals surface area contributed by atoms with Crippen molar-refractivity contribution in [3.8, 4) is 5.75 Å². The smallest absolute Gasteiger partial charge is 0.286 e. The number of hydrogen-bond donors (Lipinski definition) is 0. The number of pyridine rings is 1. The maximum absolute atomic E-state index is 13.0. The van der Waals surface area contributed by atoms with Crippen molar-refractivity contribution in [1.29, 1.82) is 0 Å². The Morgan fingerprint density at radius 3 is 2.68 bits per heavy atom. The summed E-state index contributed by atoms with van der Waals surface area (Å²) in [6.45, 7) is 5.14. The van der Waals surface area contributed by atoms with E-state index in [2.05, 4.69) is 0 Å². The summed E-state index contributed by atoms with van der Waals surface area (Å²) >= 11 is 0. The van der Waals surface area contributed by atoms with Crippen molar-refractivity contribution >= 4 is 23.1 Å². The number of amides is 1. The van der Waals surface area contributed by atoms with Gasteiger partial charge in [-0.25, -0.2) is 0 Å². The minimum atomic E-state index is -0.959. The topological polar surface area (TPSA) is 112 Å². The van der Waals surface area contributed by atoms with E-state index in [9.17, 15) is 24.5 Å². The van der Waals surface area contributed by atoms with E-state index >= 15 is 0 Å². The van der Waals surface area contributed by atoms with Crippen LogP contribution in [-0.4, -0.2) is 34.3 Å². The zero-order chi connectivity index (χ0) is 20.6. The molecular weight excluding hydrogens is 366 g/mol. The van der Waals surface area contributed by atoms with Gasteiger partial charge in [-0.1, -0.05) is 0 Å². The number of benzene rings is 1. The summed E-state index contributed by atoms with van der Waals surface area (Å²) in [5, 5.41) is 11.1. The number of likely N-dealkylation sites (N-methyl/N-ethyl adjacent to an activating group) is 1. The number of ketones is 1. The number of Topliss-reactive ketones (excluding diaryl/α,β-unsaturated/α-hetero) is 1. The second-order valence-electron chi connectivity index (χ2n) is 6.50. The molecule has 146 valence electrons. The van der Waals surface area contributed by atoms with Gasteiger partial charge >= 0.3 is 0 Å². The molecular formula is C19H19N3O6. The summed E-state index contributed by atoms with van der Waals surface area (Å²) in [5.74, 6) is -0.119. The van der Waals surface area contributed by atoms with Crippen LogP contribution in [0.2, 0.25) is 0 Å². The van der Waals surface area contributed by atoms with E-state index in [1.807, 2.05) is 6.92 Å². The molecule has 3 rings (SSSR count). The van der Waals surface area contributed by atoms with Crippen molar-refractivity contribution in [2.45, 2.75) is 26.8 Å². The van der Waals surface area contributed by atoms with Gasteiger partial charge in [0.1, 0.15) is 5.75 Å². The molecule has 0 N–H and O–H groups in total. The molecule has 9 nitrogen and oxygen atoms in total. The third kappa shape index (κ3) is 3.26. The number of rotatable bonds is 5. The minimum Gasteiger partial charge on any atom is -0.482 e. The Morgan fingerprint density at radius 2 is 2.04 bits per heavy atom. The first-order chi connectivity index (χ1) is 13.2. The molecule has 2 heterocycles. The quantitative estimate of drug-likeness (QED) is 0.443. The highest BCUT2D eigenvalue weighted by atomic mass is 16.6. The molecule has 1 unspecified atom stereocenters. The lowest BCUT2D eigenvalue weighted by Gasteiger charge is -2.28. The average Bonchev–Trinajstić information content (AvgIpc) is 2.68. The summed E-state index contributed by atoms with van der Waals surface area (Å²) < 4.78 is 6.46. The van der Waals surface area contributed by atoms with Gasteiger partial charge in [0.2, 0.25) is 0 Å². The Kier molecular flexibility index (Phi) is 5.00. The fraction of sp³-hybridized carbons (Fsp3) is 0.316. The maximum Gasteiger partial charge on any atom is 0.286 e. The van der Waals surface area contributed by atoms with Crippen LogP contribution in [0.5, 0.6) is 5.75 Å². The standard InChI is InChI=1S/C19H19N3O6/c1-4-20-15-8-13(5-6-16(15)28-10-17(20)23)18(24)12(3)21-9-14(22(26)27)7-11(2)19(21)25/h5-9,12H,4,10H2,1-3H3. The molecule has 0 saturated carbocycles. The first-order valence-corrected chi connectivity index (χ1v) is 8.73. The SMILES string of the molecule is CCN1C(=O)COc2ccc(C(=O)C(C)n3cc([N+](=O)[O-])cc(C)c3=O)cc21. The Labute approximate surface area is 160 Å². The Bertz CT molecular complexity index is 1040. The highest BCUT2D eigenvalue weighted by molar-refractivity contribution is 6.03. The summed E-state index contributed by atoms with van der Waals surface area (Å²) in [5.41, 5.74) is 0.199. The zero-order valence-electron chi connectivity index (χ0n) is 15.7. The van der Waals surface area contributed by atoms with Crippen molar-refractivity contribution in [3.63, 3.8) is 0 Å². The van der Waals surface area contributed by atoms with Crippen LogP contribution in [0.1, 0.15) is 35.8 Å². The van der Waals surface area contributed by atoms with Gasteiger partial charge in [-0.15, -0.1) is 0 Å². The number of anilines is 1. The molecule has 1 aromatic carbocycles. The van der Waals surface area contributed by atoms with Crippen molar-refractivity contribution < 1.29 is 19.2 Å². The number of nitro groups is 1. The second kappa shape index (κ2) is 7.26. The van der Waals surface area contributed by atoms with Crippen molar-refractivity contribution in [1.82, 2.24) is 4.57 Å². The Balaban J connectivity index is 2.02. The fourth-order valence-electron chi connectivity index (χ4n) is 3.18. The lowest BCUT2D eigenvalue weighted by atomic mass is 10.0. The van der Waals surface area contributed by atoms with Gasteiger partial charge in [0.05, 0.1) is 22.8 Å². The highest BCUT2D eigenvalue weighted by Crippen LogP contribution is 2.33. The number of aryl methyl sites for hydroxylation is 1. The van der Waals surface area contributed by atoms with Crippen LogP contribution < -0.4 is 15.2 Å². The normalized spacial score (nSPS) is 14.2. The summed E-state index contributed by atoms with van der Waals surface area (Å²) in [6.07, 6.45) is 1.07. The number of aromatic nitrogens is 1. The molecule has 1 atom stereocenters. The summed E-state index contributed by atoms with van der Waals surface area (Å²) in [6, 6.07) is 4.92. The molecule has 1 amide bonds. The molecule has 28 heavy (non-hydrogen) atoms. The van der Waals surface area contributed by atoms with Crippen LogP contribution in [0.3, 0.4) is 0 Å². The lowest BCUT2D eigenvalue weighted by molar-refractivity contribution is -0.385. The first-order valence-electron chi connectivity index (χ1n) is 8.73. The van der Waals surface area contributed by atoms with E-state index in [4.69, 9.17) is 4.74 Å². The van der Waals surface area contributed by atoms with Crippen LogP contribution in [-0.2, 0) is 4.79 Å². The van der Waals surface area contributed by atoms with Gasteiger partial charge in [0, 0.05) is 23.7 Å². The predicted molar refractivity (Wildman–Crippen MR) is 101 cm³/mol. The lowest BCUT2D eigenvalue weighted by Crippen LogP contribution is -2.38. The number of hydrogen-bond acceptors (Lipinski definition) is 6. The second-order valence-corrected chi connectivity index (χ2v) is 6.50. The largest absolute Gasteiger partial charge is 0.482 e. The van der Waals surface area contributed by atoms with Gasteiger partial charge in [-0.3, -0.25) is 29.1 Å². The monoisotopic (exact) mass is 385 g/mol. The molecule has 0 spiro atoms. The van der Waals surface area contributed by atoms with Crippen LogP contribution in [0.4, 0.5) is 11.4 Å². The summed E-state index contributed by atoms with van der Waals surface area (Å²) in [4.78, 5) is 49.4. The van der Waals surface area contributed by atoms with Crippen LogP contribution in [0.25, 0.3) is 0 Å². The van der Waals surface area contributed by atoms with Crippen LogP contribution >= 0.6 is 0 Å². The molecule has 1 aliphatic rings. The van der Waals surface area contributed by atoms with E-state index < -0.39 is 22.3 Å². The molecule has 0 bridgehead atoms. The van der Waals surface area contributed by atoms with E-state index in [-0.39, 0.29) is 29.3 Å². The van der Waals surface area contributed by atoms with Gasteiger partial charge in [0.15, 0.2) is 12.4 Å². The molecule has 1 aliphatic heterocycles. The number of carbonyl (C=O) groups is 2. The van der Waals surface area contributed by atoms with E-state index in [0.29, 0.717) is 18.0 Å². The third-order valence-electron chi connectivity index (χ3n) is 4.72. The van der Waals surface area contributed by atoms with Crippen molar-refractivity contribution in [2.24, 2.45) is 0 Å². The first kappa shape index (κ1) is 19.3. The third-order valence-corrected chi connectivity index (χ3v) is 4.72. The number of fused-ring (bicyclic) bond motifs is 1. The highest BCUT2D eigenvalue weighted by Gasteiger charge is 2.27. The van der Waals surface area contributed by atoms with E-state index in [1.54, 1.807) is 18.2 Å². The number of carbonyl (C=O) groups excluding carboxylic acids is 2. The molecule has 0 fully saturated rings. The maximum atomic E-state index is 13.0. The van der Waals surface area contributed by atoms with Crippen molar-refractivity contribution in [3.05, 3.63) is 62.1 Å². The van der Waals surface area contributed by atoms with Crippen LogP contribution in [0.15, 0.2) is 35.3 Å². The molecule has 2 aromatic rings. The number of nitrogens with zero attached hydrogens (tertiary/aromatic N) is 3. The Hall–Kier alpha value is -3.49. The molecule has 1 aromatic heterocycles. The van der Waals surface area contributed by atoms with Gasteiger partial charge in [-0.2, -0.15) is 0 Å². The predicted octanol–water partition coefficient (Wildman–Crippen LogP) is 2.25. The Morgan fingerprint density at radius 1 is 1.32 bits per heavy atom. The van der Waals surface area contributed by atoms with Gasteiger partial charge in [0.25, 0.3) is 17.2 Å². The molecule has 0 aliphatic carbocycles. The van der Waals surface area contributed by atoms with Gasteiger partial charge in [-0.05, 0) is 39.0 Å². The molecule has 0 radical (unpaired) electrons. The fourth-order valence-corrected chi connectivity index (χ4v) is 3.18. The average molecular weight is 385 g/mol. The van der Waals surface area contributed by atoms with E-state index in [0.717, 1.165) is 10.8 Å². The van der Waals surface area contributed by atoms with Crippen LogP contribution in [0, 0.1) is 17.0 Å². The van der Waals surface area contributed by atoms with Gasteiger partial charge < -0.3 is 9.64 Å². The summed E-state index contributed by atoms with van der Waals surface area (Å²) in [7, 11) is 0. The van der Waals surface area contributed by atoms with Crippen molar-refractivity contribution in [2.75, 3.05) is 18.1 Å². The van der Waals surface area contributed by atoms with E-state index in [1.165, 1.54) is 24.8 Å². The zero-order valence-corrected chi connectivity index (χ0v) is 15.7. The minimum absolute atomic E-state index is 0.0626. The molecule has 9 heteroatoms. The molecule has 0 saturated heterocycles.